The molecule has 17 heavy (non-hydrogen) atoms. The van der Waals surface area contributed by atoms with Crippen molar-refractivity contribution in [3.05, 3.63) is 0 Å². The van der Waals surface area contributed by atoms with Crippen LogP contribution in [0.1, 0.15) is 32.6 Å². The summed E-state index contributed by atoms with van der Waals surface area (Å²) in [7, 11) is 0. The highest BCUT2D eigenvalue weighted by Crippen LogP contribution is 2.61. The predicted octanol–water partition coefficient (Wildman–Crippen LogP) is 4.13. The van der Waals surface area contributed by atoms with Gasteiger partial charge in [-0.25, -0.2) is 4.39 Å². The molecule has 0 radical (unpaired) electrons. The highest BCUT2D eigenvalue weighted by atomic mass is 19.4. The second-order valence-electron chi connectivity index (χ2n) is 3.95. The Bertz CT molecular complexity index is 291. The SMILES string of the molecule is CCCCCC1(F)OC(F)(F)C(F)(F)C1(F)F. The average molecular weight is 268 g/mol. The summed E-state index contributed by atoms with van der Waals surface area (Å²) in [5.74, 6) is -15.7. The number of unbranched alkanes of at least 4 members (excludes halogenated alkanes) is 2. The van der Waals surface area contributed by atoms with E-state index in [0.717, 1.165) is 0 Å². The van der Waals surface area contributed by atoms with Gasteiger partial charge in [-0.05, 0) is 6.42 Å². The molecule has 0 aromatic heterocycles. The summed E-state index contributed by atoms with van der Waals surface area (Å²) in [6.45, 7) is 1.65. The topological polar surface area (TPSA) is 9.23 Å². The molecule has 1 rings (SSSR count). The molecule has 0 aliphatic carbocycles. The van der Waals surface area contributed by atoms with Crippen LogP contribution in [0.15, 0.2) is 0 Å². The lowest BCUT2D eigenvalue weighted by Crippen LogP contribution is -2.52. The highest BCUT2D eigenvalue weighted by Gasteiger charge is 2.89. The molecule has 1 atom stereocenters. The Hall–Kier alpha value is -0.530. The van der Waals surface area contributed by atoms with Gasteiger partial charge < -0.3 is 0 Å². The first-order valence-electron chi connectivity index (χ1n) is 5.04. The Kier molecular flexibility index (Phi) is 3.42. The molecule has 0 aromatic rings. The van der Waals surface area contributed by atoms with Crippen molar-refractivity contribution in [2.75, 3.05) is 0 Å². The van der Waals surface area contributed by atoms with Crippen LogP contribution in [0.5, 0.6) is 0 Å². The molecule has 0 saturated carbocycles. The van der Waals surface area contributed by atoms with E-state index in [9.17, 15) is 30.7 Å². The molecule has 1 nitrogen and oxygen atoms in total. The first-order valence-corrected chi connectivity index (χ1v) is 5.04. The van der Waals surface area contributed by atoms with E-state index >= 15 is 0 Å². The quantitative estimate of drug-likeness (QED) is 0.550. The molecule has 1 saturated heterocycles. The summed E-state index contributed by atoms with van der Waals surface area (Å²) >= 11 is 0. The first-order chi connectivity index (χ1) is 7.52. The molecular formula is C9H11F7O. The van der Waals surface area contributed by atoms with Crippen molar-refractivity contribution in [3.63, 3.8) is 0 Å². The van der Waals surface area contributed by atoms with E-state index in [0.29, 0.717) is 6.42 Å². The van der Waals surface area contributed by atoms with Crippen LogP contribution in [0, 0.1) is 0 Å². The second kappa shape index (κ2) is 4.00. The maximum absolute atomic E-state index is 13.5. The van der Waals surface area contributed by atoms with E-state index in [-0.39, 0.29) is 12.8 Å². The highest BCUT2D eigenvalue weighted by molar-refractivity contribution is 5.07. The molecule has 0 bridgehead atoms. The van der Waals surface area contributed by atoms with Gasteiger partial charge in [0.1, 0.15) is 0 Å². The van der Waals surface area contributed by atoms with Gasteiger partial charge in [0.05, 0.1) is 0 Å². The lowest BCUT2D eigenvalue weighted by molar-refractivity contribution is -0.338. The molecule has 1 fully saturated rings. The fourth-order valence-corrected chi connectivity index (χ4v) is 1.56. The van der Waals surface area contributed by atoms with Crippen molar-refractivity contribution in [1.82, 2.24) is 0 Å². The zero-order valence-corrected chi connectivity index (χ0v) is 8.88. The van der Waals surface area contributed by atoms with Crippen molar-refractivity contribution < 1.29 is 35.5 Å². The molecule has 1 aliphatic heterocycles. The van der Waals surface area contributed by atoms with Gasteiger partial charge in [-0.2, -0.15) is 26.3 Å². The molecular weight excluding hydrogens is 257 g/mol. The molecule has 0 N–H and O–H groups in total. The van der Waals surface area contributed by atoms with Crippen LogP contribution in [0.4, 0.5) is 30.7 Å². The van der Waals surface area contributed by atoms with Crippen LogP contribution in [-0.2, 0) is 4.74 Å². The van der Waals surface area contributed by atoms with Crippen LogP contribution in [0.3, 0.4) is 0 Å². The van der Waals surface area contributed by atoms with Gasteiger partial charge in [0.2, 0.25) is 0 Å². The Morgan fingerprint density at radius 2 is 1.35 bits per heavy atom. The summed E-state index contributed by atoms with van der Waals surface area (Å²) in [6, 6.07) is 0. The van der Waals surface area contributed by atoms with Crippen molar-refractivity contribution >= 4 is 0 Å². The molecule has 1 aliphatic rings. The van der Waals surface area contributed by atoms with E-state index in [1.54, 1.807) is 6.92 Å². The lowest BCUT2D eigenvalue weighted by Gasteiger charge is -2.25. The molecule has 0 aromatic carbocycles. The fourth-order valence-electron chi connectivity index (χ4n) is 1.56. The molecule has 0 spiro atoms. The van der Waals surface area contributed by atoms with Crippen molar-refractivity contribution in [1.29, 1.82) is 0 Å². The van der Waals surface area contributed by atoms with Crippen LogP contribution in [0.25, 0.3) is 0 Å². The Morgan fingerprint density at radius 1 is 0.824 bits per heavy atom. The zero-order chi connectivity index (χ0) is 13.5. The van der Waals surface area contributed by atoms with E-state index in [2.05, 4.69) is 4.74 Å². The first kappa shape index (κ1) is 14.5. The summed E-state index contributed by atoms with van der Waals surface area (Å²) in [4.78, 5) is 0. The van der Waals surface area contributed by atoms with E-state index in [1.165, 1.54) is 0 Å². The van der Waals surface area contributed by atoms with Gasteiger partial charge in [-0.1, -0.05) is 19.8 Å². The van der Waals surface area contributed by atoms with Gasteiger partial charge in [-0.3, -0.25) is 4.74 Å². The number of alkyl halides is 7. The van der Waals surface area contributed by atoms with E-state index in [1.807, 2.05) is 0 Å². The number of rotatable bonds is 4. The molecule has 102 valence electrons. The van der Waals surface area contributed by atoms with Crippen molar-refractivity contribution in [2.45, 2.75) is 56.4 Å². The smallest absolute Gasteiger partial charge is 0.272 e. The summed E-state index contributed by atoms with van der Waals surface area (Å²) in [5.41, 5.74) is 0. The van der Waals surface area contributed by atoms with Crippen molar-refractivity contribution in [2.24, 2.45) is 0 Å². The minimum atomic E-state index is -5.85. The van der Waals surface area contributed by atoms with Crippen LogP contribution in [-0.4, -0.2) is 23.8 Å². The average Bonchev–Trinajstić information content (AvgIpc) is 2.24. The van der Waals surface area contributed by atoms with Gasteiger partial charge in [0.15, 0.2) is 0 Å². The third-order valence-corrected chi connectivity index (χ3v) is 2.62. The molecule has 1 unspecified atom stereocenters. The van der Waals surface area contributed by atoms with Gasteiger partial charge in [-0.15, -0.1) is 0 Å². The van der Waals surface area contributed by atoms with Gasteiger partial charge in [0.25, 0.3) is 5.85 Å². The summed E-state index contributed by atoms with van der Waals surface area (Å²) < 4.78 is 92.8. The van der Waals surface area contributed by atoms with Crippen LogP contribution >= 0.6 is 0 Å². The predicted molar refractivity (Wildman–Crippen MR) is 43.9 cm³/mol. The number of hydrogen-bond acceptors (Lipinski definition) is 1. The monoisotopic (exact) mass is 268 g/mol. The van der Waals surface area contributed by atoms with E-state index < -0.39 is 30.2 Å². The number of halogens is 7. The minimum Gasteiger partial charge on any atom is -0.272 e. The minimum absolute atomic E-state index is 0.241. The lowest BCUT2D eigenvalue weighted by atomic mass is 10.0. The molecule has 8 heteroatoms. The fraction of sp³-hybridized carbons (Fsp3) is 1.00. The number of ether oxygens (including phenoxy) is 1. The number of hydrogen-bond donors (Lipinski definition) is 0. The maximum Gasteiger partial charge on any atom is 0.428 e. The van der Waals surface area contributed by atoms with Gasteiger partial charge in [0, 0.05) is 6.42 Å². The van der Waals surface area contributed by atoms with Crippen LogP contribution < -0.4 is 0 Å². The summed E-state index contributed by atoms with van der Waals surface area (Å²) in [5, 5.41) is 0. The third kappa shape index (κ3) is 1.90. The van der Waals surface area contributed by atoms with E-state index in [4.69, 9.17) is 0 Å². The summed E-state index contributed by atoms with van der Waals surface area (Å²) in [6.07, 6.45) is -6.19. The standard InChI is InChI=1S/C9H11F7O/c1-2-3-4-5-6(10)7(11,12)8(13,14)9(15,16)17-6/h2-5H2,1H3. The Labute approximate surface area is 92.9 Å². The Morgan fingerprint density at radius 3 is 1.71 bits per heavy atom. The molecule has 1 heterocycles. The maximum atomic E-state index is 13.5. The third-order valence-electron chi connectivity index (χ3n) is 2.62. The largest absolute Gasteiger partial charge is 0.428 e. The zero-order valence-electron chi connectivity index (χ0n) is 8.88. The normalized spacial score (nSPS) is 33.9. The van der Waals surface area contributed by atoms with Gasteiger partial charge >= 0.3 is 18.0 Å². The second-order valence-corrected chi connectivity index (χ2v) is 3.95. The Balaban J connectivity index is 2.95. The van der Waals surface area contributed by atoms with Crippen LogP contribution in [0.2, 0.25) is 0 Å². The molecule has 0 amide bonds. The van der Waals surface area contributed by atoms with Crippen molar-refractivity contribution in [3.8, 4) is 0 Å².